The number of halogens is 1. The second-order valence-electron chi connectivity index (χ2n) is 6.53. The maximum atomic E-state index is 13.3. The summed E-state index contributed by atoms with van der Waals surface area (Å²) in [6.45, 7) is 5.74. The van der Waals surface area contributed by atoms with Gasteiger partial charge in [0.05, 0.1) is 17.1 Å². The van der Waals surface area contributed by atoms with Crippen LogP contribution in [0, 0.1) is 0 Å². The average molecular weight is 477 g/mol. The number of benzene rings is 2. The molecule has 7 nitrogen and oxygen atoms in total. The molecule has 2 aromatic carbocycles. The van der Waals surface area contributed by atoms with E-state index in [0.717, 1.165) is 17.8 Å². The maximum absolute atomic E-state index is 13.3. The Kier molecular flexibility index (Phi) is 7.42. The van der Waals surface area contributed by atoms with Crippen LogP contribution in [0.3, 0.4) is 0 Å². The molecule has 1 aromatic heterocycles. The SMILES string of the molecule is C=CCN(c1ccc(Cl)cc1)S(=O)(=O)c1cccc(C(=O)Nc2nnc(CCC)s2)c1. The van der Waals surface area contributed by atoms with Gasteiger partial charge < -0.3 is 0 Å². The zero-order valence-electron chi connectivity index (χ0n) is 16.8. The smallest absolute Gasteiger partial charge is 0.264 e. The number of sulfonamides is 1. The predicted molar refractivity (Wildman–Crippen MR) is 124 cm³/mol. The molecule has 3 rings (SSSR count). The fourth-order valence-corrected chi connectivity index (χ4v) is 5.22. The van der Waals surface area contributed by atoms with E-state index in [2.05, 4.69) is 22.1 Å². The molecular weight excluding hydrogens is 456 g/mol. The number of hydrogen-bond donors (Lipinski definition) is 1. The van der Waals surface area contributed by atoms with Crippen LogP contribution >= 0.6 is 22.9 Å². The first-order valence-electron chi connectivity index (χ1n) is 9.48. The van der Waals surface area contributed by atoms with Crippen LogP contribution in [-0.2, 0) is 16.4 Å². The van der Waals surface area contributed by atoms with Gasteiger partial charge in [-0.25, -0.2) is 8.42 Å². The van der Waals surface area contributed by atoms with Crippen LogP contribution in [0.4, 0.5) is 10.8 Å². The summed E-state index contributed by atoms with van der Waals surface area (Å²) in [5, 5.41) is 12.4. The normalized spacial score (nSPS) is 11.2. The Morgan fingerprint density at radius 3 is 2.65 bits per heavy atom. The lowest BCUT2D eigenvalue weighted by Crippen LogP contribution is -2.31. The summed E-state index contributed by atoms with van der Waals surface area (Å²) < 4.78 is 27.8. The van der Waals surface area contributed by atoms with E-state index in [1.807, 2.05) is 6.92 Å². The second-order valence-corrected chi connectivity index (χ2v) is 9.89. The van der Waals surface area contributed by atoms with Crippen LogP contribution < -0.4 is 9.62 Å². The molecule has 1 amide bonds. The van der Waals surface area contributed by atoms with Crippen molar-refractivity contribution in [1.82, 2.24) is 10.2 Å². The standard InChI is InChI=1S/C21H21ClN4O3S2/c1-3-6-19-24-25-21(30-19)23-20(27)15-7-5-8-18(14-15)31(28,29)26(13-4-2)17-11-9-16(22)10-12-17/h4-5,7-12,14H,2-3,6,13H2,1H3,(H,23,25,27). The van der Waals surface area contributed by atoms with Crippen molar-refractivity contribution in [3.63, 3.8) is 0 Å². The van der Waals surface area contributed by atoms with Crippen molar-refractivity contribution >= 4 is 49.7 Å². The lowest BCUT2D eigenvalue weighted by Gasteiger charge is -2.23. The fraction of sp³-hybridized carbons (Fsp3) is 0.190. The largest absolute Gasteiger partial charge is 0.296 e. The molecular formula is C21H21ClN4O3S2. The molecule has 0 spiro atoms. The molecule has 31 heavy (non-hydrogen) atoms. The van der Waals surface area contributed by atoms with Crippen LogP contribution in [0.15, 0.2) is 66.1 Å². The molecule has 0 saturated carbocycles. The summed E-state index contributed by atoms with van der Waals surface area (Å²) >= 11 is 7.22. The number of carbonyl (C=O) groups is 1. The number of hydrogen-bond acceptors (Lipinski definition) is 6. The molecule has 0 unspecified atom stereocenters. The summed E-state index contributed by atoms with van der Waals surface area (Å²) in [4.78, 5) is 12.6. The van der Waals surface area contributed by atoms with Gasteiger partial charge in [-0.2, -0.15) is 0 Å². The van der Waals surface area contributed by atoms with Gasteiger partial charge in [-0.1, -0.05) is 42.0 Å². The summed E-state index contributed by atoms with van der Waals surface area (Å²) in [5.74, 6) is -0.460. The average Bonchev–Trinajstić information content (AvgIpc) is 3.20. The van der Waals surface area contributed by atoms with Gasteiger partial charge in [-0.05, 0) is 48.9 Å². The van der Waals surface area contributed by atoms with Crippen molar-refractivity contribution in [1.29, 1.82) is 0 Å². The second kappa shape index (κ2) is 10.0. The van der Waals surface area contributed by atoms with Crippen molar-refractivity contribution < 1.29 is 13.2 Å². The highest BCUT2D eigenvalue weighted by Crippen LogP contribution is 2.26. The first-order chi connectivity index (χ1) is 14.8. The Morgan fingerprint density at radius 2 is 1.97 bits per heavy atom. The first-order valence-corrected chi connectivity index (χ1v) is 12.1. The van der Waals surface area contributed by atoms with Crippen molar-refractivity contribution in [2.75, 3.05) is 16.2 Å². The zero-order valence-corrected chi connectivity index (χ0v) is 19.2. The quantitative estimate of drug-likeness (QED) is 0.449. The van der Waals surface area contributed by atoms with Gasteiger partial charge in [0.1, 0.15) is 5.01 Å². The minimum Gasteiger partial charge on any atom is -0.296 e. The topological polar surface area (TPSA) is 92.3 Å². The van der Waals surface area contributed by atoms with Crippen LogP contribution in [0.5, 0.6) is 0 Å². The van der Waals surface area contributed by atoms with Gasteiger partial charge in [0, 0.05) is 17.0 Å². The number of anilines is 2. The van der Waals surface area contributed by atoms with E-state index in [9.17, 15) is 13.2 Å². The van der Waals surface area contributed by atoms with Gasteiger partial charge in [0.25, 0.3) is 15.9 Å². The number of nitrogens with zero attached hydrogens (tertiary/aromatic N) is 3. The van der Waals surface area contributed by atoms with E-state index >= 15 is 0 Å². The zero-order chi connectivity index (χ0) is 22.4. The number of rotatable bonds is 9. The first kappa shape index (κ1) is 22.9. The van der Waals surface area contributed by atoms with Crippen molar-refractivity contribution in [2.24, 2.45) is 0 Å². The van der Waals surface area contributed by atoms with Crippen LogP contribution in [-0.4, -0.2) is 31.1 Å². The molecule has 1 N–H and O–H groups in total. The fourth-order valence-electron chi connectivity index (χ4n) is 2.78. The van der Waals surface area contributed by atoms with Gasteiger partial charge in [-0.3, -0.25) is 14.4 Å². The van der Waals surface area contributed by atoms with E-state index < -0.39 is 15.9 Å². The van der Waals surface area contributed by atoms with E-state index in [4.69, 9.17) is 11.6 Å². The molecule has 0 aliphatic rings. The molecule has 10 heteroatoms. The minimum absolute atomic E-state index is 0.0131. The molecule has 0 fully saturated rings. The Balaban J connectivity index is 1.87. The highest BCUT2D eigenvalue weighted by Gasteiger charge is 2.25. The van der Waals surface area contributed by atoms with E-state index in [0.29, 0.717) is 15.8 Å². The Bertz CT molecular complexity index is 1180. The van der Waals surface area contributed by atoms with Gasteiger partial charge in [0.15, 0.2) is 0 Å². The van der Waals surface area contributed by atoms with Crippen LogP contribution in [0.2, 0.25) is 5.02 Å². The minimum atomic E-state index is -3.95. The lowest BCUT2D eigenvalue weighted by molar-refractivity contribution is 0.102. The van der Waals surface area contributed by atoms with Crippen LogP contribution in [0.1, 0.15) is 28.7 Å². The molecule has 0 saturated heterocycles. The third-order valence-corrected chi connectivity index (χ3v) is 7.19. The molecule has 0 atom stereocenters. The van der Waals surface area contributed by atoms with Gasteiger partial charge >= 0.3 is 0 Å². The van der Waals surface area contributed by atoms with Crippen molar-refractivity contribution in [3.05, 3.63) is 76.8 Å². The van der Waals surface area contributed by atoms with Gasteiger partial charge in [0.2, 0.25) is 5.13 Å². The molecule has 1 heterocycles. The maximum Gasteiger partial charge on any atom is 0.264 e. The summed E-state index contributed by atoms with van der Waals surface area (Å²) in [7, 11) is -3.95. The van der Waals surface area contributed by atoms with Crippen molar-refractivity contribution in [3.8, 4) is 0 Å². The van der Waals surface area contributed by atoms with E-state index in [-0.39, 0.29) is 17.0 Å². The molecule has 0 bridgehead atoms. The summed E-state index contributed by atoms with van der Waals surface area (Å²) in [6.07, 6.45) is 3.20. The number of amides is 1. The number of carbonyl (C=O) groups excluding carboxylic acids is 1. The highest BCUT2D eigenvalue weighted by molar-refractivity contribution is 7.92. The molecule has 0 radical (unpaired) electrons. The summed E-state index contributed by atoms with van der Waals surface area (Å²) in [5.41, 5.74) is 0.638. The Morgan fingerprint density at radius 1 is 1.23 bits per heavy atom. The predicted octanol–water partition coefficient (Wildman–Crippen LogP) is 4.78. The lowest BCUT2D eigenvalue weighted by atomic mass is 10.2. The molecule has 162 valence electrons. The molecule has 0 aliphatic heterocycles. The van der Waals surface area contributed by atoms with E-state index in [1.165, 1.54) is 39.9 Å². The van der Waals surface area contributed by atoms with Gasteiger partial charge in [-0.15, -0.1) is 16.8 Å². The number of aryl methyl sites for hydroxylation is 1. The highest BCUT2D eigenvalue weighted by atomic mass is 35.5. The Hall–Kier alpha value is -2.75. The number of nitrogens with one attached hydrogen (secondary N) is 1. The van der Waals surface area contributed by atoms with Crippen LogP contribution in [0.25, 0.3) is 0 Å². The summed E-state index contributed by atoms with van der Waals surface area (Å²) in [6, 6.07) is 12.3. The third-order valence-electron chi connectivity index (χ3n) is 4.24. The Labute approximate surface area is 190 Å². The molecule has 3 aromatic rings. The molecule has 0 aliphatic carbocycles. The van der Waals surface area contributed by atoms with E-state index in [1.54, 1.807) is 30.3 Å². The third kappa shape index (κ3) is 5.49. The number of aromatic nitrogens is 2. The van der Waals surface area contributed by atoms with Crippen molar-refractivity contribution in [2.45, 2.75) is 24.7 Å². The monoisotopic (exact) mass is 476 g/mol.